The van der Waals surface area contributed by atoms with Crippen molar-refractivity contribution >= 4 is 16.5 Å². The molecule has 1 atom stereocenters. The van der Waals surface area contributed by atoms with Gasteiger partial charge in [0.2, 0.25) is 0 Å². The summed E-state index contributed by atoms with van der Waals surface area (Å²) < 4.78 is 0. The fourth-order valence-corrected chi connectivity index (χ4v) is 2.73. The summed E-state index contributed by atoms with van der Waals surface area (Å²) in [5.74, 6) is 0. The smallest absolute Gasteiger partial charge is 0.180 e. The average Bonchev–Trinajstić information content (AvgIpc) is 2.50. The first-order valence-corrected chi connectivity index (χ1v) is 6.57. The van der Waals surface area contributed by atoms with Crippen molar-refractivity contribution in [3.63, 3.8) is 0 Å². The summed E-state index contributed by atoms with van der Waals surface area (Å²) in [7, 11) is 0. The molecule has 0 aromatic carbocycles. The fraction of sp³-hybridized carbons (Fsp3) is 0.727. The Morgan fingerprint density at radius 2 is 2.40 bits per heavy atom. The quantitative estimate of drug-likeness (QED) is 0.841. The summed E-state index contributed by atoms with van der Waals surface area (Å²) in [4.78, 5) is 6.85. The van der Waals surface area contributed by atoms with E-state index >= 15 is 0 Å². The number of nitrogen functional groups attached to an aromatic ring is 1. The Morgan fingerprint density at radius 1 is 1.53 bits per heavy atom. The SMILES string of the molecule is CC1CCCCCN1Cc1csc(N)n1. The van der Waals surface area contributed by atoms with E-state index in [1.807, 2.05) is 0 Å². The lowest BCUT2D eigenvalue weighted by Gasteiger charge is -2.25. The van der Waals surface area contributed by atoms with Crippen molar-refractivity contribution < 1.29 is 0 Å². The molecule has 2 heterocycles. The van der Waals surface area contributed by atoms with Crippen LogP contribution in [0, 0.1) is 0 Å². The van der Waals surface area contributed by atoms with Gasteiger partial charge in [0.25, 0.3) is 0 Å². The van der Waals surface area contributed by atoms with Crippen LogP contribution in [0.3, 0.4) is 0 Å². The van der Waals surface area contributed by atoms with Crippen LogP contribution in [0.5, 0.6) is 0 Å². The van der Waals surface area contributed by atoms with E-state index in [9.17, 15) is 0 Å². The lowest BCUT2D eigenvalue weighted by Crippen LogP contribution is -2.32. The van der Waals surface area contributed by atoms with Crippen molar-refractivity contribution in [3.8, 4) is 0 Å². The third-order valence-corrected chi connectivity index (χ3v) is 3.85. The van der Waals surface area contributed by atoms with Gasteiger partial charge in [0.1, 0.15) is 0 Å². The molecule has 1 saturated heterocycles. The maximum absolute atomic E-state index is 5.64. The Balaban J connectivity index is 1.97. The topological polar surface area (TPSA) is 42.1 Å². The largest absolute Gasteiger partial charge is 0.375 e. The molecule has 0 saturated carbocycles. The second-order valence-electron chi connectivity index (χ2n) is 4.35. The van der Waals surface area contributed by atoms with Gasteiger partial charge in [0, 0.05) is 18.0 Å². The maximum Gasteiger partial charge on any atom is 0.180 e. The highest BCUT2D eigenvalue weighted by atomic mass is 32.1. The van der Waals surface area contributed by atoms with E-state index in [1.54, 1.807) is 0 Å². The molecule has 1 aliphatic rings. The zero-order valence-electron chi connectivity index (χ0n) is 9.28. The average molecular weight is 225 g/mol. The van der Waals surface area contributed by atoms with Crippen molar-refractivity contribution in [2.45, 2.75) is 45.2 Å². The molecule has 1 unspecified atom stereocenters. The molecule has 0 radical (unpaired) electrons. The van der Waals surface area contributed by atoms with Gasteiger partial charge >= 0.3 is 0 Å². The van der Waals surface area contributed by atoms with Crippen molar-refractivity contribution in [3.05, 3.63) is 11.1 Å². The molecule has 0 bridgehead atoms. The Bertz CT molecular complexity index is 311. The number of likely N-dealkylation sites (tertiary alicyclic amines) is 1. The van der Waals surface area contributed by atoms with Crippen molar-refractivity contribution in [1.29, 1.82) is 0 Å². The molecule has 1 aromatic heterocycles. The molecular weight excluding hydrogens is 206 g/mol. The molecule has 1 fully saturated rings. The summed E-state index contributed by atoms with van der Waals surface area (Å²) in [6.07, 6.45) is 5.39. The van der Waals surface area contributed by atoms with Gasteiger partial charge in [-0.25, -0.2) is 4.98 Å². The van der Waals surface area contributed by atoms with E-state index in [0.29, 0.717) is 11.2 Å². The highest BCUT2D eigenvalue weighted by Crippen LogP contribution is 2.20. The summed E-state index contributed by atoms with van der Waals surface area (Å²) >= 11 is 1.54. The number of rotatable bonds is 2. The molecular formula is C11H19N3S. The fourth-order valence-electron chi connectivity index (χ4n) is 2.17. The molecule has 0 amide bonds. The number of aromatic nitrogens is 1. The first kappa shape index (κ1) is 10.9. The van der Waals surface area contributed by atoms with Gasteiger partial charge in [-0.1, -0.05) is 12.8 Å². The Labute approximate surface area is 95.3 Å². The van der Waals surface area contributed by atoms with E-state index in [2.05, 4.69) is 22.2 Å². The van der Waals surface area contributed by atoms with Crippen LogP contribution in [0.2, 0.25) is 0 Å². The van der Waals surface area contributed by atoms with E-state index in [-0.39, 0.29) is 0 Å². The van der Waals surface area contributed by atoms with Crippen LogP contribution in [0.1, 0.15) is 38.3 Å². The first-order chi connectivity index (χ1) is 7.25. The Morgan fingerprint density at radius 3 is 3.13 bits per heavy atom. The van der Waals surface area contributed by atoms with Gasteiger partial charge < -0.3 is 5.73 Å². The van der Waals surface area contributed by atoms with Crippen LogP contribution < -0.4 is 5.73 Å². The van der Waals surface area contributed by atoms with Gasteiger partial charge in [0.05, 0.1) is 5.69 Å². The number of hydrogen-bond acceptors (Lipinski definition) is 4. The molecule has 0 spiro atoms. The van der Waals surface area contributed by atoms with Gasteiger partial charge in [-0.05, 0) is 26.3 Å². The molecule has 84 valence electrons. The van der Waals surface area contributed by atoms with Crippen LogP contribution in [0.4, 0.5) is 5.13 Å². The lowest BCUT2D eigenvalue weighted by atomic mass is 10.1. The van der Waals surface area contributed by atoms with Crippen LogP contribution in [0.25, 0.3) is 0 Å². The van der Waals surface area contributed by atoms with Crippen molar-refractivity contribution in [1.82, 2.24) is 9.88 Å². The standard InChI is InChI=1S/C11H19N3S/c1-9-5-3-2-4-6-14(9)7-10-8-15-11(12)13-10/h8-9H,2-7H2,1H3,(H2,12,13). The van der Waals surface area contributed by atoms with Gasteiger partial charge in [-0.2, -0.15) is 0 Å². The second kappa shape index (κ2) is 4.94. The number of nitrogens with two attached hydrogens (primary N) is 1. The van der Waals surface area contributed by atoms with Gasteiger partial charge in [-0.15, -0.1) is 11.3 Å². The molecule has 2 rings (SSSR count). The Hall–Kier alpha value is -0.610. The highest BCUT2D eigenvalue weighted by molar-refractivity contribution is 7.13. The molecule has 0 aliphatic carbocycles. The van der Waals surface area contributed by atoms with Gasteiger partial charge in [-0.3, -0.25) is 4.90 Å². The third kappa shape index (κ3) is 2.92. The maximum atomic E-state index is 5.64. The van der Waals surface area contributed by atoms with E-state index in [4.69, 9.17) is 5.73 Å². The summed E-state index contributed by atoms with van der Waals surface area (Å²) in [6.45, 7) is 4.49. The van der Waals surface area contributed by atoms with E-state index in [1.165, 1.54) is 43.6 Å². The minimum Gasteiger partial charge on any atom is -0.375 e. The monoisotopic (exact) mass is 225 g/mol. The molecule has 2 N–H and O–H groups in total. The van der Waals surface area contributed by atoms with Crippen LogP contribution in [-0.2, 0) is 6.54 Å². The number of nitrogens with zero attached hydrogens (tertiary/aromatic N) is 2. The van der Waals surface area contributed by atoms with E-state index < -0.39 is 0 Å². The second-order valence-corrected chi connectivity index (χ2v) is 5.24. The van der Waals surface area contributed by atoms with Crippen LogP contribution in [-0.4, -0.2) is 22.5 Å². The van der Waals surface area contributed by atoms with Crippen molar-refractivity contribution in [2.75, 3.05) is 12.3 Å². The number of thiazole rings is 1. The molecule has 1 aliphatic heterocycles. The van der Waals surface area contributed by atoms with Crippen LogP contribution >= 0.6 is 11.3 Å². The molecule has 1 aromatic rings. The normalized spacial score (nSPS) is 23.9. The van der Waals surface area contributed by atoms with Gasteiger partial charge in [0.15, 0.2) is 5.13 Å². The predicted octanol–water partition coefficient (Wildman–Crippen LogP) is 2.49. The highest BCUT2D eigenvalue weighted by Gasteiger charge is 2.17. The van der Waals surface area contributed by atoms with Crippen molar-refractivity contribution in [2.24, 2.45) is 0 Å². The summed E-state index contributed by atoms with van der Waals surface area (Å²) in [6, 6.07) is 0.690. The van der Waals surface area contributed by atoms with Crippen LogP contribution in [0.15, 0.2) is 5.38 Å². The zero-order valence-corrected chi connectivity index (χ0v) is 10.1. The number of anilines is 1. The van der Waals surface area contributed by atoms with E-state index in [0.717, 1.165) is 12.2 Å². The number of hydrogen-bond donors (Lipinski definition) is 1. The Kier molecular flexibility index (Phi) is 3.59. The lowest BCUT2D eigenvalue weighted by molar-refractivity contribution is 0.203. The molecule has 4 heteroatoms. The summed E-state index contributed by atoms with van der Waals surface area (Å²) in [5, 5.41) is 2.76. The summed E-state index contributed by atoms with van der Waals surface area (Å²) in [5.41, 5.74) is 6.77. The first-order valence-electron chi connectivity index (χ1n) is 5.69. The molecule has 3 nitrogen and oxygen atoms in total. The zero-order chi connectivity index (χ0) is 10.7. The predicted molar refractivity (Wildman–Crippen MR) is 64.9 cm³/mol. The minimum absolute atomic E-state index is 0.687. The third-order valence-electron chi connectivity index (χ3n) is 3.13. The molecule has 15 heavy (non-hydrogen) atoms. The minimum atomic E-state index is 0.687.